The summed E-state index contributed by atoms with van der Waals surface area (Å²) in [6.07, 6.45) is 1.74. The SMILES string of the molecule is CN(C)c1ccc(C=NNC(=O)CC2(C)OCCO2)cc1. The van der Waals surface area contributed by atoms with Gasteiger partial charge in [-0.15, -0.1) is 0 Å². The van der Waals surface area contributed by atoms with Crippen LogP contribution in [0.1, 0.15) is 18.9 Å². The van der Waals surface area contributed by atoms with Gasteiger partial charge in [0.2, 0.25) is 5.91 Å². The fraction of sp³-hybridized carbons (Fsp3) is 0.467. The van der Waals surface area contributed by atoms with Gasteiger partial charge in [0.15, 0.2) is 5.79 Å². The molecule has 1 aliphatic rings. The first-order valence-electron chi connectivity index (χ1n) is 6.86. The largest absolute Gasteiger partial charge is 0.378 e. The Bertz CT molecular complexity index is 505. The van der Waals surface area contributed by atoms with Crippen molar-refractivity contribution in [3.05, 3.63) is 29.8 Å². The van der Waals surface area contributed by atoms with E-state index in [1.165, 1.54) is 0 Å². The van der Waals surface area contributed by atoms with Gasteiger partial charge < -0.3 is 14.4 Å². The van der Waals surface area contributed by atoms with Crippen LogP contribution in [0.3, 0.4) is 0 Å². The molecule has 0 unspecified atom stereocenters. The molecule has 114 valence electrons. The van der Waals surface area contributed by atoms with Crippen molar-refractivity contribution in [2.24, 2.45) is 5.10 Å². The van der Waals surface area contributed by atoms with Crippen LogP contribution in [-0.4, -0.2) is 45.2 Å². The van der Waals surface area contributed by atoms with Gasteiger partial charge in [-0.3, -0.25) is 4.79 Å². The van der Waals surface area contributed by atoms with E-state index in [1.807, 2.05) is 43.3 Å². The number of nitrogens with zero attached hydrogens (tertiary/aromatic N) is 2. The predicted octanol–water partition coefficient (Wildman–Crippen LogP) is 1.36. The first-order chi connectivity index (χ1) is 9.98. The van der Waals surface area contributed by atoms with Crippen LogP contribution in [0, 0.1) is 0 Å². The number of rotatable bonds is 5. The number of hydrogen-bond donors (Lipinski definition) is 1. The Balaban J connectivity index is 1.82. The van der Waals surface area contributed by atoms with Crippen molar-refractivity contribution in [2.45, 2.75) is 19.1 Å². The van der Waals surface area contributed by atoms with Crippen LogP contribution in [0.5, 0.6) is 0 Å². The highest BCUT2D eigenvalue weighted by molar-refractivity contribution is 5.83. The number of hydrogen-bond acceptors (Lipinski definition) is 5. The summed E-state index contributed by atoms with van der Waals surface area (Å²) in [5.74, 6) is -1.06. The normalized spacial score (nSPS) is 17.1. The van der Waals surface area contributed by atoms with Crippen molar-refractivity contribution in [2.75, 3.05) is 32.2 Å². The first-order valence-corrected chi connectivity index (χ1v) is 6.86. The number of ether oxygens (including phenoxy) is 2. The molecule has 1 fully saturated rings. The van der Waals surface area contributed by atoms with Gasteiger partial charge in [-0.2, -0.15) is 5.10 Å². The zero-order chi connectivity index (χ0) is 15.3. The number of hydrazone groups is 1. The second kappa shape index (κ2) is 6.69. The summed E-state index contributed by atoms with van der Waals surface area (Å²) in [4.78, 5) is 13.8. The lowest BCUT2D eigenvalue weighted by atomic mass is 10.2. The molecule has 2 rings (SSSR count). The summed E-state index contributed by atoms with van der Waals surface area (Å²) in [5.41, 5.74) is 4.51. The maximum atomic E-state index is 11.7. The summed E-state index contributed by atoms with van der Waals surface area (Å²) < 4.78 is 10.7. The highest BCUT2D eigenvalue weighted by Gasteiger charge is 2.33. The molecule has 6 nitrogen and oxygen atoms in total. The molecule has 6 heteroatoms. The van der Waals surface area contributed by atoms with E-state index in [0.717, 1.165) is 11.3 Å². The third kappa shape index (κ3) is 4.54. The molecule has 0 aromatic heterocycles. The lowest BCUT2D eigenvalue weighted by Gasteiger charge is -2.20. The molecular weight excluding hydrogens is 270 g/mol. The maximum absolute atomic E-state index is 11.7. The Hall–Kier alpha value is -1.92. The average Bonchev–Trinajstić information content (AvgIpc) is 2.85. The summed E-state index contributed by atoms with van der Waals surface area (Å²) in [6.45, 7) is 2.79. The Morgan fingerprint density at radius 3 is 2.52 bits per heavy atom. The van der Waals surface area contributed by atoms with Crippen LogP contribution in [0.25, 0.3) is 0 Å². The molecule has 1 aromatic carbocycles. The highest BCUT2D eigenvalue weighted by atomic mass is 16.7. The highest BCUT2D eigenvalue weighted by Crippen LogP contribution is 2.22. The van der Waals surface area contributed by atoms with Crippen LogP contribution >= 0.6 is 0 Å². The van der Waals surface area contributed by atoms with E-state index < -0.39 is 5.79 Å². The number of nitrogens with one attached hydrogen (secondary N) is 1. The van der Waals surface area contributed by atoms with Crippen LogP contribution in [0.2, 0.25) is 0 Å². The number of amides is 1. The van der Waals surface area contributed by atoms with Gasteiger partial charge in [-0.05, 0) is 24.6 Å². The summed E-state index contributed by atoms with van der Waals surface area (Å²) in [5, 5.41) is 3.94. The molecule has 0 saturated carbocycles. The molecule has 1 heterocycles. The summed E-state index contributed by atoms with van der Waals surface area (Å²) >= 11 is 0. The summed E-state index contributed by atoms with van der Waals surface area (Å²) in [6, 6.07) is 7.86. The second-order valence-corrected chi connectivity index (χ2v) is 5.29. The summed E-state index contributed by atoms with van der Waals surface area (Å²) in [7, 11) is 3.97. The standard InChI is InChI=1S/C15H21N3O3/c1-15(20-8-9-21-15)10-14(19)17-16-11-12-4-6-13(7-5-12)18(2)3/h4-7,11H,8-10H2,1-3H3,(H,17,19). The molecule has 1 aliphatic heterocycles. The first kappa shape index (κ1) is 15.5. The predicted molar refractivity (Wildman–Crippen MR) is 81.4 cm³/mol. The van der Waals surface area contributed by atoms with E-state index in [4.69, 9.17) is 9.47 Å². The molecule has 1 saturated heterocycles. The van der Waals surface area contributed by atoms with Gasteiger partial charge in [0.05, 0.1) is 25.8 Å². The fourth-order valence-corrected chi connectivity index (χ4v) is 2.03. The molecule has 0 atom stereocenters. The van der Waals surface area contributed by atoms with E-state index >= 15 is 0 Å². The van der Waals surface area contributed by atoms with Crippen molar-refractivity contribution < 1.29 is 14.3 Å². The van der Waals surface area contributed by atoms with E-state index in [-0.39, 0.29) is 12.3 Å². The Morgan fingerprint density at radius 2 is 1.95 bits per heavy atom. The third-order valence-electron chi connectivity index (χ3n) is 3.19. The quantitative estimate of drug-likeness (QED) is 0.657. The Kier molecular flexibility index (Phi) is 4.93. The van der Waals surface area contributed by atoms with Crippen LogP contribution in [0.4, 0.5) is 5.69 Å². The van der Waals surface area contributed by atoms with Crippen molar-refractivity contribution in [3.8, 4) is 0 Å². The number of carbonyl (C=O) groups excluding carboxylic acids is 1. The zero-order valence-electron chi connectivity index (χ0n) is 12.6. The van der Waals surface area contributed by atoms with Gasteiger partial charge in [0.1, 0.15) is 0 Å². The average molecular weight is 291 g/mol. The van der Waals surface area contributed by atoms with Gasteiger partial charge >= 0.3 is 0 Å². The molecule has 1 N–H and O–H groups in total. The smallest absolute Gasteiger partial charge is 0.245 e. The molecule has 0 bridgehead atoms. The van der Waals surface area contributed by atoms with Gasteiger partial charge in [0.25, 0.3) is 0 Å². The molecule has 0 radical (unpaired) electrons. The van der Waals surface area contributed by atoms with E-state index in [9.17, 15) is 4.79 Å². The number of anilines is 1. The topological polar surface area (TPSA) is 63.2 Å². The molecular formula is C15H21N3O3. The second-order valence-electron chi connectivity index (χ2n) is 5.29. The number of carbonyl (C=O) groups is 1. The fourth-order valence-electron chi connectivity index (χ4n) is 2.03. The Morgan fingerprint density at radius 1 is 1.33 bits per heavy atom. The van der Waals surface area contributed by atoms with Crippen molar-refractivity contribution >= 4 is 17.8 Å². The monoisotopic (exact) mass is 291 g/mol. The lowest BCUT2D eigenvalue weighted by molar-refractivity contribution is -0.159. The van der Waals surface area contributed by atoms with Gasteiger partial charge in [-0.1, -0.05) is 12.1 Å². The molecule has 1 amide bonds. The van der Waals surface area contributed by atoms with Crippen molar-refractivity contribution in [3.63, 3.8) is 0 Å². The third-order valence-corrected chi connectivity index (χ3v) is 3.19. The van der Waals surface area contributed by atoms with Crippen molar-refractivity contribution in [1.29, 1.82) is 0 Å². The minimum absolute atomic E-state index is 0.129. The van der Waals surface area contributed by atoms with E-state index in [0.29, 0.717) is 13.2 Å². The minimum Gasteiger partial charge on any atom is -0.378 e. The lowest BCUT2D eigenvalue weighted by Crippen LogP contribution is -2.33. The Labute approximate surface area is 124 Å². The molecule has 1 aromatic rings. The van der Waals surface area contributed by atoms with Gasteiger partial charge in [0, 0.05) is 19.8 Å². The van der Waals surface area contributed by atoms with Crippen LogP contribution in [0.15, 0.2) is 29.4 Å². The van der Waals surface area contributed by atoms with Gasteiger partial charge in [-0.25, -0.2) is 5.43 Å². The molecule has 21 heavy (non-hydrogen) atoms. The zero-order valence-corrected chi connectivity index (χ0v) is 12.6. The van der Waals surface area contributed by atoms with E-state index in [2.05, 4.69) is 10.5 Å². The molecule has 0 spiro atoms. The minimum atomic E-state index is -0.826. The molecule has 0 aliphatic carbocycles. The maximum Gasteiger partial charge on any atom is 0.245 e. The van der Waals surface area contributed by atoms with Crippen LogP contribution in [-0.2, 0) is 14.3 Å². The van der Waals surface area contributed by atoms with Crippen molar-refractivity contribution in [1.82, 2.24) is 5.43 Å². The van der Waals surface area contributed by atoms with Crippen LogP contribution < -0.4 is 10.3 Å². The number of benzene rings is 1. The van der Waals surface area contributed by atoms with E-state index in [1.54, 1.807) is 13.1 Å².